The van der Waals surface area contributed by atoms with Gasteiger partial charge in [0, 0.05) is 28.9 Å². The van der Waals surface area contributed by atoms with E-state index in [-0.39, 0.29) is 5.82 Å². The fourth-order valence-corrected chi connectivity index (χ4v) is 3.34. The van der Waals surface area contributed by atoms with Crippen molar-refractivity contribution in [2.24, 2.45) is 0 Å². The smallest absolute Gasteiger partial charge is 0.130 e. The molecule has 0 spiro atoms. The second-order valence-electron chi connectivity index (χ2n) is 4.26. The topological polar surface area (TPSA) is 29.5 Å². The van der Waals surface area contributed by atoms with Gasteiger partial charge in [0.05, 0.1) is 6.10 Å². The lowest BCUT2D eigenvalue weighted by Crippen LogP contribution is -2.17. The zero-order valence-electron chi connectivity index (χ0n) is 9.86. The highest BCUT2D eigenvalue weighted by atomic mass is 32.2. The van der Waals surface area contributed by atoms with Crippen molar-refractivity contribution in [3.63, 3.8) is 0 Å². The highest BCUT2D eigenvalue weighted by Gasteiger charge is 2.19. The number of aliphatic hydroxyl groups is 1. The summed E-state index contributed by atoms with van der Waals surface area (Å²) in [4.78, 5) is 0.854. The maximum absolute atomic E-state index is 13.7. The van der Waals surface area contributed by atoms with E-state index in [1.54, 1.807) is 24.8 Å². The number of benzene rings is 1. The molecule has 1 fully saturated rings. The maximum atomic E-state index is 13.7. The van der Waals surface area contributed by atoms with E-state index in [2.05, 4.69) is 0 Å². The molecule has 0 radical (unpaired) electrons. The largest absolute Gasteiger partial charge is 0.389 e. The number of hydrogen-bond donors (Lipinski definition) is 1. The number of ether oxygens (including phenoxy) is 1. The SMILES string of the molecule is CC(O)c1c(F)cccc1SC1CCOCC1. The summed E-state index contributed by atoms with van der Waals surface area (Å²) in [6, 6.07) is 4.98. The molecule has 0 bridgehead atoms. The summed E-state index contributed by atoms with van der Waals surface area (Å²) in [6.45, 7) is 3.15. The molecule has 0 amide bonds. The van der Waals surface area contributed by atoms with Crippen LogP contribution in [0.4, 0.5) is 4.39 Å². The second-order valence-corrected chi connectivity index (χ2v) is 5.60. The lowest BCUT2D eigenvalue weighted by molar-refractivity contribution is 0.1000. The van der Waals surface area contributed by atoms with Crippen molar-refractivity contribution in [2.75, 3.05) is 13.2 Å². The van der Waals surface area contributed by atoms with Crippen molar-refractivity contribution in [2.45, 2.75) is 36.0 Å². The zero-order valence-corrected chi connectivity index (χ0v) is 10.7. The maximum Gasteiger partial charge on any atom is 0.130 e. The molecule has 2 nitrogen and oxygen atoms in total. The van der Waals surface area contributed by atoms with Gasteiger partial charge in [-0.2, -0.15) is 0 Å². The Balaban J connectivity index is 2.16. The molecular formula is C13H17FO2S. The highest BCUT2D eigenvalue weighted by molar-refractivity contribution is 8.00. The summed E-state index contributed by atoms with van der Waals surface area (Å²) in [5.41, 5.74) is 0.420. The standard InChI is InChI=1S/C13H17FO2S/c1-9(15)13-11(14)3-2-4-12(13)17-10-5-7-16-8-6-10/h2-4,9-10,15H,5-8H2,1H3. The van der Waals surface area contributed by atoms with Gasteiger partial charge in [-0.05, 0) is 31.9 Å². The zero-order chi connectivity index (χ0) is 12.3. The summed E-state index contributed by atoms with van der Waals surface area (Å²) >= 11 is 1.65. The van der Waals surface area contributed by atoms with Gasteiger partial charge in [-0.15, -0.1) is 11.8 Å². The van der Waals surface area contributed by atoms with E-state index >= 15 is 0 Å². The molecule has 1 N–H and O–H groups in total. The molecule has 17 heavy (non-hydrogen) atoms. The van der Waals surface area contributed by atoms with Gasteiger partial charge in [0.1, 0.15) is 5.82 Å². The summed E-state index contributed by atoms with van der Waals surface area (Å²) in [5.74, 6) is -0.322. The third-order valence-corrected chi connectivity index (χ3v) is 4.31. The predicted octanol–water partition coefficient (Wildman–Crippen LogP) is 3.15. The van der Waals surface area contributed by atoms with E-state index in [1.165, 1.54) is 6.07 Å². The molecule has 1 heterocycles. The van der Waals surface area contributed by atoms with Crippen molar-refractivity contribution in [1.82, 2.24) is 0 Å². The summed E-state index contributed by atoms with van der Waals surface area (Å²) in [5, 5.41) is 10.1. The van der Waals surface area contributed by atoms with Crippen molar-refractivity contribution >= 4 is 11.8 Å². The summed E-state index contributed by atoms with van der Waals surface area (Å²) in [6.07, 6.45) is 1.21. The van der Waals surface area contributed by atoms with Gasteiger partial charge in [-0.25, -0.2) is 4.39 Å². The monoisotopic (exact) mass is 256 g/mol. The molecule has 2 rings (SSSR count). The first-order valence-electron chi connectivity index (χ1n) is 5.89. The normalized spacial score (nSPS) is 19.2. The molecule has 1 aliphatic heterocycles. The quantitative estimate of drug-likeness (QED) is 0.901. The number of aliphatic hydroxyl groups excluding tert-OH is 1. The van der Waals surface area contributed by atoms with Crippen molar-refractivity contribution in [1.29, 1.82) is 0 Å². The van der Waals surface area contributed by atoms with E-state index in [1.807, 2.05) is 6.07 Å². The van der Waals surface area contributed by atoms with Crippen LogP contribution < -0.4 is 0 Å². The number of thioether (sulfide) groups is 1. The molecule has 1 unspecified atom stereocenters. The fourth-order valence-electron chi connectivity index (χ4n) is 2.00. The van der Waals surface area contributed by atoms with E-state index in [9.17, 15) is 9.50 Å². The van der Waals surface area contributed by atoms with E-state index in [0.29, 0.717) is 10.8 Å². The van der Waals surface area contributed by atoms with Crippen LogP contribution in [-0.2, 0) is 4.74 Å². The van der Waals surface area contributed by atoms with Crippen LogP contribution in [0.5, 0.6) is 0 Å². The van der Waals surface area contributed by atoms with Gasteiger partial charge in [0.25, 0.3) is 0 Å². The van der Waals surface area contributed by atoms with E-state index in [4.69, 9.17) is 4.74 Å². The van der Waals surface area contributed by atoms with Crippen LogP contribution in [0.2, 0.25) is 0 Å². The van der Waals surface area contributed by atoms with Crippen LogP contribution in [0.1, 0.15) is 31.4 Å². The third kappa shape index (κ3) is 3.21. The third-order valence-electron chi connectivity index (χ3n) is 2.89. The Bertz CT molecular complexity index is 376. The Morgan fingerprint density at radius 1 is 1.41 bits per heavy atom. The van der Waals surface area contributed by atoms with Crippen LogP contribution in [0.25, 0.3) is 0 Å². The lowest BCUT2D eigenvalue weighted by Gasteiger charge is -2.23. The van der Waals surface area contributed by atoms with Gasteiger partial charge in [-0.1, -0.05) is 6.07 Å². The number of rotatable bonds is 3. The molecule has 0 saturated carbocycles. The predicted molar refractivity (Wildman–Crippen MR) is 66.7 cm³/mol. The average Bonchev–Trinajstić information content (AvgIpc) is 2.30. The van der Waals surface area contributed by atoms with Crippen LogP contribution in [-0.4, -0.2) is 23.6 Å². The molecule has 1 atom stereocenters. The summed E-state index contributed by atoms with van der Waals surface area (Å²) in [7, 11) is 0. The molecule has 1 saturated heterocycles. The van der Waals surface area contributed by atoms with Crippen LogP contribution in [0.15, 0.2) is 23.1 Å². The second kappa shape index (κ2) is 5.85. The van der Waals surface area contributed by atoms with Crippen LogP contribution in [0, 0.1) is 5.82 Å². The lowest BCUT2D eigenvalue weighted by atomic mass is 10.1. The Morgan fingerprint density at radius 2 is 2.12 bits per heavy atom. The van der Waals surface area contributed by atoms with Gasteiger partial charge in [-0.3, -0.25) is 0 Å². The Hall–Kier alpha value is -0.580. The van der Waals surface area contributed by atoms with E-state index < -0.39 is 6.10 Å². The minimum Gasteiger partial charge on any atom is -0.389 e. The molecule has 0 aliphatic carbocycles. The number of hydrogen-bond acceptors (Lipinski definition) is 3. The Kier molecular flexibility index (Phi) is 4.42. The first kappa shape index (κ1) is 12.9. The average molecular weight is 256 g/mol. The Labute approximate surface area is 105 Å². The van der Waals surface area contributed by atoms with Gasteiger partial charge in [0.2, 0.25) is 0 Å². The minimum absolute atomic E-state index is 0.322. The fraction of sp³-hybridized carbons (Fsp3) is 0.538. The van der Waals surface area contributed by atoms with Crippen molar-refractivity contribution < 1.29 is 14.2 Å². The minimum atomic E-state index is -0.765. The van der Waals surface area contributed by atoms with Gasteiger partial charge in [0.15, 0.2) is 0 Å². The van der Waals surface area contributed by atoms with Gasteiger partial charge < -0.3 is 9.84 Å². The molecule has 1 aromatic rings. The van der Waals surface area contributed by atoms with Gasteiger partial charge >= 0.3 is 0 Å². The molecule has 94 valence electrons. The van der Waals surface area contributed by atoms with Crippen LogP contribution in [0.3, 0.4) is 0 Å². The number of halogens is 1. The summed E-state index contributed by atoms with van der Waals surface area (Å²) < 4.78 is 19.0. The first-order chi connectivity index (χ1) is 8.18. The molecular weight excluding hydrogens is 239 g/mol. The molecule has 1 aromatic carbocycles. The van der Waals surface area contributed by atoms with E-state index in [0.717, 1.165) is 31.0 Å². The molecule has 4 heteroatoms. The molecule has 1 aliphatic rings. The van der Waals surface area contributed by atoms with Crippen molar-refractivity contribution in [3.8, 4) is 0 Å². The van der Waals surface area contributed by atoms with Crippen molar-refractivity contribution in [3.05, 3.63) is 29.6 Å². The molecule has 0 aromatic heterocycles. The Morgan fingerprint density at radius 3 is 2.76 bits per heavy atom. The first-order valence-corrected chi connectivity index (χ1v) is 6.77. The van der Waals surface area contributed by atoms with Crippen LogP contribution >= 0.6 is 11.8 Å². The highest BCUT2D eigenvalue weighted by Crippen LogP contribution is 2.35.